The van der Waals surface area contributed by atoms with Crippen LogP contribution < -0.4 is 10.6 Å². The van der Waals surface area contributed by atoms with Crippen molar-refractivity contribution >= 4 is 39.5 Å². The molecule has 1 atom stereocenters. The maximum absolute atomic E-state index is 12.8. The molecule has 4 amide bonds. The number of imide groups is 1. The molecular formula is C19H18BrN3O3. The second-order valence-corrected chi connectivity index (χ2v) is 7.29. The first-order valence-electron chi connectivity index (χ1n) is 8.06. The lowest BCUT2D eigenvalue weighted by molar-refractivity contribution is -0.133. The van der Waals surface area contributed by atoms with Gasteiger partial charge in [0.2, 0.25) is 5.91 Å². The topological polar surface area (TPSA) is 78.5 Å². The predicted octanol–water partition coefficient (Wildman–Crippen LogP) is 3.16. The minimum Gasteiger partial charge on any atom is -0.325 e. The first-order valence-corrected chi connectivity index (χ1v) is 8.85. The number of halogens is 1. The van der Waals surface area contributed by atoms with E-state index in [4.69, 9.17) is 0 Å². The molecule has 1 saturated heterocycles. The third-order valence-corrected chi connectivity index (χ3v) is 4.77. The molecule has 1 aliphatic rings. The highest BCUT2D eigenvalue weighted by Gasteiger charge is 2.49. The van der Waals surface area contributed by atoms with Crippen LogP contribution in [-0.4, -0.2) is 29.3 Å². The zero-order valence-corrected chi connectivity index (χ0v) is 16.0. The maximum atomic E-state index is 12.8. The average molecular weight is 416 g/mol. The summed E-state index contributed by atoms with van der Waals surface area (Å²) in [4.78, 5) is 38.4. The van der Waals surface area contributed by atoms with Crippen LogP contribution in [0.25, 0.3) is 0 Å². The van der Waals surface area contributed by atoms with Gasteiger partial charge in [0.05, 0.1) is 0 Å². The summed E-state index contributed by atoms with van der Waals surface area (Å²) in [7, 11) is 0. The minimum absolute atomic E-state index is 0.345. The van der Waals surface area contributed by atoms with E-state index < -0.39 is 23.4 Å². The van der Waals surface area contributed by atoms with E-state index >= 15 is 0 Å². The molecule has 0 saturated carbocycles. The van der Waals surface area contributed by atoms with E-state index in [1.807, 2.05) is 31.2 Å². The molecule has 2 aromatic carbocycles. The molecule has 0 spiro atoms. The molecule has 2 aromatic rings. The summed E-state index contributed by atoms with van der Waals surface area (Å²) in [5.74, 6) is -0.891. The van der Waals surface area contributed by atoms with Crippen molar-refractivity contribution in [3.05, 3.63) is 64.1 Å². The fraction of sp³-hybridized carbons (Fsp3) is 0.211. The van der Waals surface area contributed by atoms with E-state index in [1.165, 1.54) is 0 Å². The van der Waals surface area contributed by atoms with Gasteiger partial charge in [-0.1, -0.05) is 40.2 Å². The van der Waals surface area contributed by atoms with Crippen molar-refractivity contribution in [1.29, 1.82) is 0 Å². The van der Waals surface area contributed by atoms with Crippen LogP contribution >= 0.6 is 15.9 Å². The molecule has 1 fully saturated rings. The molecule has 1 aliphatic heterocycles. The number of nitrogens with one attached hydrogen (secondary N) is 2. The predicted molar refractivity (Wildman–Crippen MR) is 102 cm³/mol. The Kier molecular flexibility index (Phi) is 4.82. The Morgan fingerprint density at radius 1 is 1.19 bits per heavy atom. The third-order valence-electron chi connectivity index (χ3n) is 4.28. The number of urea groups is 1. The summed E-state index contributed by atoms with van der Waals surface area (Å²) in [5.41, 5.74) is 1.06. The zero-order valence-electron chi connectivity index (χ0n) is 14.4. The standard InChI is InChI=1S/C19H18BrN3O3/c1-12-5-3-8-15(9-12)21-16(24)11-23-17(25)19(2,22-18(23)26)13-6-4-7-14(20)10-13/h3-10H,11H2,1-2H3,(H,21,24)(H,22,26)/t19-/m1/s1. The van der Waals surface area contributed by atoms with Crippen LogP contribution in [-0.2, 0) is 15.1 Å². The molecule has 134 valence electrons. The molecule has 6 nitrogen and oxygen atoms in total. The van der Waals surface area contributed by atoms with Gasteiger partial charge in [0.25, 0.3) is 5.91 Å². The van der Waals surface area contributed by atoms with E-state index in [0.717, 1.165) is 14.9 Å². The molecule has 0 radical (unpaired) electrons. The van der Waals surface area contributed by atoms with Gasteiger partial charge in [-0.3, -0.25) is 14.5 Å². The summed E-state index contributed by atoms with van der Waals surface area (Å²) >= 11 is 3.37. The van der Waals surface area contributed by atoms with Crippen LogP contribution in [0.1, 0.15) is 18.1 Å². The van der Waals surface area contributed by atoms with Crippen molar-refractivity contribution in [3.8, 4) is 0 Å². The van der Waals surface area contributed by atoms with Crippen LogP contribution in [0.4, 0.5) is 10.5 Å². The van der Waals surface area contributed by atoms with Crippen molar-refractivity contribution in [3.63, 3.8) is 0 Å². The lowest BCUT2D eigenvalue weighted by Gasteiger charge is -2.22. The summed E-state index contributed by atoms with van der Waals surface area (Å²) in [6.45, 7) is 3.20. The van der Waals surface area contributed by atoms with Gasteiger partial charge in [-0.2, -0.15) is 0 Å². The summed E-state index contributed by atoms with van der Waals surface area (Å²) in [6.07, 6.45) is 0. The Labute approximate surface area is 159 Å². The summed E-state index contributed by atoms with van der Waals surface area (Å²) in [5, 5.41) is 5.40. The minimum atomic E-state index is -1.20. The Balaban J connectivity index is 1.76. The Morgan fingerprint density at radius 3 is 2.62 bits per heavy atom. The molecule has 26 heavy (non-hydrogen) atoms. The number of hydrogen-bond acceptors (Lipinski definition) is 3. The third kappa shape index (κ3) is 3.48. The number of anilines is 1. The Bertz CT molecular complexity index is 899. The van der Waals surface area contributed by atoms with Crippen molar-refractivity contribution in [2.75, 3.05) is 11.9 Å². The van der Waals surface area contributed by atoms with E-state index in [1.54, 1.807) is 31.2 Å². The SMILES string of the molecule is Cc1cccc(NC(=O)CN2C(=O)N[C@](C)(c3cccc(Br)c3)C2=O)c1. The number of rotatable bonds is 4. The molecule has 0 aliphatic carbocycles. The van der Waals surface area contributed by atoms with Crippen LogP contribution in [0.15, 0.2) is 53.0 Å². The molecule has 1 heterocycles. The van der Waals surface area contributed by atoms with Crippen molar-refractivity contribution in [2.24, 2.45) is 0 Å². The fourth-order valence-electron chi connectivity index (χ4n) is 2.90. The van der Waals surface area contributed by atoms with Gasteiger partial charge in [0, 0.05) is 10.2 Å². The number of hydrogen-bond donors (Lipinski definition) is 2. The molecule has 3 rings (SSSR count). The first kappa shape index (κ1) is 18.1. The summed E-state index contributed by atoms with van der Waals surface area (Å²) < 4.78 is 0.800. The van der Waals surface area contributed by atoms with E-state index in [9.17, 15) is 14.4 Å². The zero-order chi connectivity index (χ0) is 18.9. The first-order chi connectivity index (χ1) is 12.3. The number of carbonyl (C=O) groups is 3. The van der Waals surface area contributed by atoms with Gasteiger partial charge < -0.3 is 10.6 Å². The van der Waals surface area contributed by atoms with E-state index in [2.05, 4.69) is 26.6 Å². The second kappa shape index (κ2) is 6.92. The molecule has 7 heteroatoms. The molecule has 0 unspecified atom stereocenters. The highest BCUT2D eigenvalue weighted by Crippen LogP contribution is 2.30. The van der Waals surface area contributed by atoms with Gasteiger partial charge in [0.15, 0.2) is 0 Å². The quantitative estimate of drug-likeness (QED) is 0.752. The van der Waals surface area contributed by atoms with Crippen molar-refractivity contribution < 1.29 is 14.4 Å². The normalized spacial score (nSPS) is 19.4. The summed E-state index contributed by atoms with van der Waals surface area (Å²) in [6, 6.07) is 13.9. The molecule has 2 N–H and O–H groups in total. The smallest absolute Gasteiger partial charge is 0.325 e. The number of carbonyl (C=O) groups excluding carboxylic acids is 3. The van der Waals surface area contributed by atoms with Gasteiger partial charge in [-0.05, 0) is 49.2 Å². The highest BCUT2D eigenvalue weighted by atomic mass is 79.9. The lowest BCUT2D eigenvalue weighted by Crippen LogP contribution is -2.42. The number of amides is 4. The fourth-order valence-corrected chi connectivity index (χ4v) is 3.30. The highest BCUT2D eigenvalue weighted by molar-refractivity contribution is 9.10. The van der Waals surface area contributed by atoms with Crippen LogP contribution in [0, 0.1) is 6.92 Å². The molecule has 0 aromatic heterocycles. The maximum Gasteiger partial charge on any atom is 0.325 e. The number of benzene rings is 2. The number of nitrogens with zero attached hydrogens (tertiary/aromatic N) is 1. The van der Waals surface area contributed by atoms with Gasteiger partial charge in [-0.15, -0.1) is 0 Å². The van der Waals surface area contributed by atoms with Gasteiger partial charge >= 0.3 is 6.03 Å². The molecular weight excluding hydrogens is 398 g/mol. The van der Waals surface area contributed by atoms with E-state index in [0.29, 0.717) is 11.3 Å². The average Bonchev–Trinajstić information content (AvgIpc) is 2.79. The molecule has 0 bridgehead atoms. The van der Waals surface area contributed by atoms with Gasteiger partial charge in [-0.25, -0.2) is 4.79 Å². The van der Waals surface area contributed by atoms with Crippen LogP contribution in [0.2, 0.25) is 0 Å². The van der Waals surface area contributed by atoms with Crippen molar-refractivity contribution in [1.82, 2.24) is 10.2 Å². The monoisotopic (exact) mass is 415 g/mol. The van der Waals surface area contributed by atoms with Crippen molar-refractivity contribution in [2.45, 2.75) is 19.4 Å². The van der Waals surface area contributed by atoms with Crippen LogP contribution in [0.5, 0.6) is 0 Å². The largest absolute Gasteiger partial charge is 0.325 e. The van der Waals surface area contributed by atoms with Gasteiger partial charge in [0.1, 0.15) is 12.1 Å². The second-order valence-electron chi connectivity index (χ2n) is 6.37. The lowest BCUT2D eigenvalue weighted by atomic mass is 9.92. The number of aryl methyl sites for hydroxylation is 1. The Morgan fingerprint density at radius 2 is 1.92 bits per heavy atom. The van der Waals surface area contributed by atoms with E-state index in [-0.39, 0.29) is 6.54 Å². The van der Waals surface area contributed by atoms with Crippen LogP contribution in [0.3, 0.4) is 0 Å². The Hall–Kier alpha value is -2.67.